The summed E-state index contributed by atoms with van der Waals surface area (Å²) in [5.41, 5.74) is 6.90. The Hall–Kier alpha value is -4.77. The molecule has 0 aliphatic carbocycles. The number of nitrogens with zero attached hydrogens (tertiary/aromatic N) is 6. The summed E-state index contributed by atoms with van der Waals surface area (Å²) >= 11 is 0. The van der Waals surface area contributed by atoms with E-state index < -0.39 is 5.82 Å². The van der Waals surface area contributed by atoms with Gasteiger partial charge < -0.3 is 25.2 Å². The van der Waals surface area contributed by atoms with Crippen molar-refractivity contribution in [2.75, 3.05) is 56.5 Å². The highest BCUT2D eigenvalue weighted by atomic mass is 19.1. The number of carbonyl (C=O) groups excluding carboxylic acids is 1. The fourth-order valence-electron chi connectivity index (χ4n) is 6.36. The molecule has 1 amide bonds. The molecule has 0 unspecified atom stereocenters. The predicted octanol–water partition coefficient (Wildman–Crippen LogP) is 5.11. The van der Waals surface area contributed by atoms with Gasteiger partial charge in [0.2, 0.25) is 0 Å². The molecule has 6 rings (SSSR count). The fraction of sp³-hybridized carbons (Fsp3) is 0.371. The van der Waals surface area contributed by atoms with Gasteiger partial charge in [0.25, 0.3) is 5.91 Å². The predicted molar refractivity (Wildman–Crippen MR) is 179 cm³/mol. The van der Waals surface area contributed by atoms with Gasteiger partial charge in [-0.15, -0.1) is 0 Å². The molecule has 1 saturated heterocycles. The first-order chi connectivity index (χ1) is 22.3. The van der Waals surface area contributed by atoms with Crippen molar-refractivity contribution < 1.29 is 14.3 Å². The first-order valence-electron chi connectivity index (χ1n) is 16.0. The Morgan fingerprint density at radius 2 is 1.89 bits per heavy atom. The highest BCUT2D eigenvalue weighted by Gasteiger charge is 2.27. The van der Waals surface area contributed by atoms with Gasteiger partial charge in [-0.2, -0.15) is 0 Å². The number of aromatic hydroxyl groups is 1. The lowest BCUT2D eigenvalue weighted by atomic mass is 9.94. The number of aromatic nitrogens is 4. The summed E-state index contributed by atoms with van der Waals surface area (Å²) < 4.78 is 14.3. The first kappa shape index (κ1) is 31.2. The zero-order valence-electron chi connectivity index (χ0n) is 26.7. The second-order valence-electron chi connectivity index (χ2n) is 11.9. The molecule has 46 heavy (non-hydrogen) atoms. The van der Waals surface area contributed by atoms with Crippen LogP contribution in [-0.4, -0.2) is 87.1 Å². The highest BCUT2D eigenvalue weighted by molar-refractivity contribution is 5.92. The van der Waals surface area contributed by atoms with Crippen molar-refractivity contribution in [3.05, 3.63) is 89.2 Å². The summed E-state index contributed by atoms with van der Waals surface area (Å²) in [6.07, 6.45) is 5.72. The number of piperazine rings is 1. The topological polar surface area (TPSA) is 114 Å². The number of hydrogen-bond acceptors (Lipinski definition) is 8. The zero-order chi connectivity index (χ0) is 32.4. The van der Waals surface area contributed by atoms with E-state index in [4.69, 9.17) is 4.98 Å². The third kappa shape index (κ3) is 6.19. The average Bonchev–Trinajstić information content (AvgIpc) is 3.52. The number of nitrogens with one attached hydrogen (secondary N) is 2. The number of imidazole rings is 1. The smallest absolute Gasteiger partial charge is 0.274 e. The number of benzene rings is 2. The SMILES string of the molecule is C=C(c1nc2c([nH]1)CN(C(=O)c1cnc(N3CCN(CCC)CC3)cn1)CC2)c1ccc(-c2cc(F)c(O)cc2CC)cc1NC. The lowest BCUT2D eigenvalue weighted by Crippen LogP contribution is -2.46. The van der Waals surface area contributed by atoms with Crippen LogP contribution in [-0.2, 0) is 19.4 Å². The molecule has 2 aliphatic rings. The number of fused-ring (bicyclic) bond motifs is 1. The lowest BCUT2D eigenvalue weighted by Gasteiger charge is -2.35. The van der Waals surface area contributed by atoms with Crippen molar-refractivity contribution in [2.45, 2.75) is 39.7 Å². The second kappa shape index (κ2) is 13.3. The number of phenols is 1. The lowest BCUT2D eigenvalue weighted by molar-refractivity contribution is 0.0725. The average molecular weight is 625 g/mol. The monoisotopic (exact) mass is 624 g/mol. The van der Waals surface area contributed by atoms with Crippen LogP contribution in [0.4, 0.5) is 15.9 Å². The van der Waals surface area contributed by atoms with E-state index in [2.05, 4.69) is 43.6 Å². The molecule has 4 heterocycles. The Balaban J connectivity index is 1.15. The maximum absolute atomic E-state index is 14.3. The van der Waals surface area contributed by atoms with Crippen molar-refractivity contribution >= 4 is 23.0 Å². The normalized spacial score (nSPS) is 15.1. The fourth-order valence-corrected chi connectivity index (χ4v) is 6.36. The first-order valence-corrected chi connectivity index (χ1v) is 16.0. The molecule has 0 spiro atoms. The third-order valence-electron chi connectivity index (χ3n) is 8.98. The number of anilines is 2. The molecule has 2 aromatic heterocycles. The molecule has 0 radical (unpaired) electrons. The molecule has 0 saturated carbocycles. The van der Waals surface area contributed by atoms with Crippen LogP contribution in [0.15, 0.2) is 49.3 Å². The quantitative estimate of drug-likeness (QED) is 0.236. The highest BCUT2D eigenvalue weighted by Crippen LogP contribution is 2.35. The largest absolute Gasteiger partial charge is 0.505 e. The Morgan fingerprint density at radius 1 is 1.09 bits per heavy atom. The van der Waals surface area contributed by atoms with Crippen LogP contribution in [0.1, 0.15) is 59.1 Å². The number of H-pyrrole nitrogens is 1. The Bertz CT molecular complexity index is 1740. The number of phenolic OH excluding ortho intramolecular Hbond substituents is 1. The molecule has 3 N–H and O–H groups in total. The summed E-state index contributed by atoms with van der Waals surface area (Å²) in [5.74, 6) is 0.287. The van der Waals surface area contributed by atoms with Gasteiger partial charge in [-0.05, 0) is 54.3 Å². The van der Waals surface area contributed by atoms with Gasteiger partial charge in [-0.1, -0.05) is 32.6 Å². The second-order valence-corrected chi connectivity index (χ2v) is 11.9. The molecular weight excluding hydrogens is 583 g/mol. The number of hydrogen-bond donors (Lipinski definition) is 3. The minimum Gasteiger partial charge on any atom is -0.505 e. The van der Waals surface area contributed by atoms with Gasteiger partial charge in [0.05, 0.1) is 30.3 Å². The molecule has 0 bridgehead atoms. The number of aryl methyl sites for hydroxylation is 1. The van der Waals surface area contributed by atoms with Crippen molar-refractivity contribution in [2.24, 2.45) is 0 Å². The van der Waals surface area contributed by atoms with Crippen LogP contribution in [0.2, 0.25) is 0 Å². The summed E-state index contributed by atoms with van der Waals surface area (Å²) in [6.45, 7) is 14.4. The molecular formula is C35H41FN8O2. The van der Waals surface area contributed by atoms with E-state index in [0.717, 1.165) is 84.3 Å². The Morgan fingerprint density at radius 3 is 2.59 bits per heavy atom. The minimum atomic E-state index is -0.652. The molecule has 2 aromatic carbocycles. The maximum atomic E-state index is 14.3. The molecule has 240 valence electrons. The molecule has 1 fully saturated rings. The van der Waals surface area contributed by atoms with Crippen LogP contribution in [0, 0.1) is 5.82 Å². The molecule has 4 aromatic rings. The number of carbonyl (C=O) groups is 1. The summed E-state index contributed by atoms with van der Waals surface area (Å²) in [5, 5.41) is 13.1. The molecule has 0 atom stereocenters. The van der Waals surface area contributed by atoms with Crippen LogP contribution < -0.4 is 10.2 Å². The Kier molecular flexibility index (Phi) is 9.03. The minimum absolute atomic E-state index is 0.155. The Labute approximate surface area is 269 Å². The van der Waals surface area contributed by atoms with E-state index in [9.17, 15) is 14.3 Å². The van der Waals surface area contributed by atoms with Gasteiger partial charge in [-0.25, -0.2) is 19.3 Å². The van der Waals surface area contributed by atoms with E-state index in [1.807, 2.05) is 32.2 Å². The van der Waals surface area contributed by atoms with Crippen LogP contribution in [0.5, 0.6) is 5.75 Å². The molecule has 10 nitrogen and oxygen atoms in total. The van der Waals surface area contributed by atoms with E-state index in [1.165, 1.54) is 12.1 Å². The molecule has 11 heteroatoms. The van der Waals surface area contributed by atoms with E-state index in [0.29, 0.717) is 43.0 Å². The summed E-state index contributed by atoms with van der Waals surface area (Å²) in [6, 6.07) is 8.68. The van der Waals surface area contributed by atoms with Crippen LogP contribution in [0.3, 0.4) is 0 Å². The van der Waals surface area contributed by atoms with Gasteiger partial charge in [0.1, 0.15) is 17.3 Å². The van der Waals surface area contributed by atoms with Crippen molar-refractivity contribution in [3.8, 4) is 16.9 Å². The van der Waals surface area contributed by atoms with Crippen molar-refractivity contribution in [3.63, 3.8) is 0 Å². The van der Waals surface area contributed by atoms with Gasteiger partial charge in [0, 0.05) is 63.0 Å². The van der Waals surface area contributed by atoms with E-state index >= 15 is 0 Å². The van der Waals surface area contributed by atoms with E-state index in [-0.39, 0.29) is 11.7 Å². The number of aromatic amines is 1. The summed E-state index contributed by atoms with van der Waals surface area (Å²) in [7, 11) is 1.83. The van der Waals surface area contributed by atoms with Crippen LogP contribution >= 0.6 is 0 Å². The van der Waals surface area contributed by atoms with Crippen molar-refractivity contribution in [1.82, 2.24) is 29.7 Å². The number of rotatable bonds is 9. The number of amides is 1. The van der Waals surface area contributed by atoms with Gasteiger partial charge in [0.15, 0.2) is 11.6 Å². The van der Waals surface area contributed by atoms with Crippen LogP contribution in [0.25, 0.3) is 16.7 Å². The van der Waals surface area contributed by atoms with Crippen molar-refractivity contribution in [1.29, 1.82) is 0 Å². The van der Waals surface area contributed by atoms with E-state index in [1.54, 1.807) is 17.3 Å². The number of halogens is 1. The molecule has 2 aliphatic heterocycles. The summed E-state index contributed by atoms with van der Waals surface area (Å²) in [4.78, 5) is 37.2. The zero-order valence-corrected chi connectivity index (χ0v) is 26.7. The maximum Gasteiger partial charge on any atom is 0.274 e. The third-order valence-corrected chi connectivity index (χ3v) is 8.98. The van der Waals surface area contributed by atoms with Gasteiger partial charge >= 0.3 is 0 Å². The van der Waals surface area contributed by atoms with Gasteiger partial charge in [-0.3, -0.25) is 9.69 Å². The standard InChI is InChI=1S/C35H41FN8O2/c1-5-10-42-12-14-43(15-13-42)33-20-38-30(19-39-33)35(46)44-11-9-28-31(21-44)41-34(40-28)22(3)25-8-7-24(16-29(25)37-4)26-18-27(36)32(45)17-23(26)6-2/h7-8,16-20,37,45H,3,5-6,9-15,21H2,1-2,4H3,(H,40,41).